The first-order chi connectivity index (χ1) is 15.9. The zero-order valence-corrected chi connectivity index (χ0v) is 19.7. The number of para-hydroxylation sites is 1. The second-order valence-corrected chi connectivity index (χ2v) is 8.99. The normalized spacial score (nSPS) is 10.9. The fraction of sp³-hybridized carbons (Fsp3) is 0.192. The molecule has 2 aromatic heterocycles. The Kier molecular flexibility index (Phi) is 6.70. The maximum atomic E-state index is 13.1. The number of amides is 2. The third-order valence-corrected chi connectivity index (χ3v) is 6.36. The Bertz CT molecular complexity index is 1230. The Morgan fingerprint density at radius 1 is 1.03 bits per heavy atom. The largest absolute Gasteiger partial charge is 0.348 e. The number of nitrogens with one attached hydrogen (secondary N) is 1. The summed E-state index contributed by atoms with van der Waals surface area (Å²) >= 11 is 1.55. The highest BCUT2D eigenvalue weighted by atomic mass is 32.1. The maximum absolute atomic E-state index is 13.1. The van der Waals surface area contributed by atoms with Crippen LogP contribution in [0, 0.1) is 0 Å². The van der Waals surface area contributed by atoms with Gasteiger partial charge in [0.1, 0.15) is 5.69 Å². The average Bonchev–Trinajstić information content (AvgIpc) is 3.52. The number of rotatable bonds is 7. The van der Waals surface area contributed by atoms with Crippen LogP contribution in [0.5, 0.6) is 0 Å². The zero-order chi connectivity index (χ0) is 23.4. The quantitative estimate of drug-likeness (QED) is 0.423. The lowest BCUT2D eigenvalue weighted by molar-refractivity contribution is 0.0754. The number of thiophene rings is 1. The summed E-state index contributed by atoms with van der Waals surface area (Å²) in [6.45, 7) is 4.31. The van der Waals surface area contributed by atoms with Gasteiger partial charge in [-0.25, -0.2) is 4.68 Å². The highest BCUT2D eigenvalue weighted by Crippen LogP contribution is 2.27. The van der Waals surface area contributed by atoms with Crippen molar-refractivity contribution in [3.8, 4) is 16.3 Å². The van der Waals surface area contributed by atoms with Gasteiger partial charge in [0.05, 0.1) is 16.1 Å². The first-order valence-corrected chi connectivity index (χ1v) is 11.7. The van der Waals surface area contributed by atoms with Crippen molar-refractivity contribution in [2.24, 2.45) is 0 Å². The van der Waals surface area contributed by atoms with Gasteiger partial charge in [0.25, 0.3) is 11.8 Å². The Morgan fingerprint density at radius 2 is 1.76 bits per heavy atom. The van der Waals surface area contributed by atoms with E-state index in [9.17, 15) is 9.59 Å². The summed E-state index contributed by atoms with van der Waals surface area (Å²) in [5, 5.41) is 9.64. The van der Waals surface area contributed by atoms with E-state index < -0.39 is 0 Å². The van der Waals surface area contributed by atoms with Gasteiger partial charge in [0.15, 0.2) is 0 Å². The van der Waals surface area contributed by atoms with Crippen LogP contribution >= 0.6 is 11.3 Å². The molecule has 0 unspecified atom stereocenters. The molecule has 0 saturated heterocycles. The van der Waals surface area contributed by atoms with E-state index in [-0.39, 0.29) is 17.9 Å². The van der Waals surface area contributed by atoms with Crippen molar-refractivity contribution in [1.29, 1.82) is 0 Å². The highest BCUT2D eigenvalue weighted by Gasteiger charge is 2.19. The molecule has 6 nitrogen and oxygen atoms in total. The van der Waals surface area contributed by atoms with E-state index >= 15 is 0 Å². The zero-order valence-electron chi connectivity index (χ0n) is 18.9. The van der Waals surface area contributed by atoms with Crippen LogP contribution in [0.1, 0.15) is 40.1 Å². The van der Waals surface area contributed by atoms with Gasteiger partial charge >= 0.3 is 0 Å². The van der Waals surface area contributed by atoms with Crippen LogP contribution in [-0.4, -0.2) is 39.6 Å². The molecule has 168 valence electrons. The third kappa shape index (κ3) is 5.04. The molecule has 2 amide bonds. The van der Waals surface area contributed by atoms with Crippen molar-refractivity contribution in [3.05, 3.63) is 95.0 Å². The van der Waals surface area contributed by atoms with Gasteiger partial charge in [-0.1, -0.05) is 36.4 Å². The van der Waals surface area contributed by atoms with Gasteiger partial charge < -0.3 is 10.2 Å². The van der Waals surface area contributed by atoms with Gasteiger partial charge in [-0.05, 0) is 55.1 Å². The van der Waals surface area contributed by atoms with E-state index in [1.807, 2.05) is 73.8 Å². The number of carbonyl (C=O) groups is 2. The minimum atomic E-state index is -0.194. The van der Waals surface area contributed by atoms with E-state index in [0.29, 0.717) is 23.4 Å². The molecule has 0 aliphatic carbocycles. The Labute approximate surface area is 197 Å². The summed E-state index contributed by atoms with van der Waals surface area (Å²) < 4.78 is 1.73. The molecule has 0 aliphatic heterocycles. The molecule has 4 rings (SSSR count). The predicted molar refractivity (Wildman–Crippen MR) is 132 cm³/mol. The molecular weight excluding hydrogens is 432 g/mol. The molecule has 2 heterocycles. The fourth-order valence-electron chi connectivity index (χ4n) is 3.33. The van der Waals surface area contributed by atoms with Crippen LogP contribution in [0.4, 0.5) is 0 Å². The van der Waals surface area contributed by atoms with E-state index in [4.69, 9.17) is 0 Å². The van der Waals surface area contributed by atoms with E-state index in [1.165, 1.54) is 0 Å². The van der Waals surface area contributed by atoms with Crippen LogP contribution in [0.25, 0.3) is 16.3 Å². The molecule has 33 heavy (non-hydrogen) atoms. The lowest BCUT2D eigenvalue weighted by Gasteiger charge is -2.21. The minimum Gasteiger partial charge on any atom is -0.348 e. The fourth-order valence-corrected chi connectivity index (χ4v) is 4.05. The standard InChI is InChI=1S/C26H26N4O2S/c1-18(2)29(3)26(32)20-13-11-19(12-14-20)16-27-25(31)22-17-30(21-8-5-4-6-9-21)28-24(22)23-10-7-15-33-23/h4-15,17-18H,16H2,1-3H3,(H,27,31). The molecule has 0 radical (unpaired) electrons. The van der Waals surface area contributed by atoms with Crippen molar-refractivity contribution in [2.75, 3.05) is 7.05 Å². The Hall–Kier alpha value is -3.71. The Morgan fingerprint density at radius 3 is 2.39 bits per heavy atom. The van der Waals surface area contributed by atoms with E-state index in [0.717, 1.165) is 16.1 Å². The van der Waals surface area contributed by atoms with Crippen LogP contribution in [0.15, 0.2) is 78.3 Å². The minimum absolute atomic E-state index is 0.0190. The second-order valence-electron chi connectivity index (χ2n) is 8.04. The summed E-state index contributed by atoms with van der Waals surface area (Å²) in [4.78, 5) is 28.2. The van der Waals surface area contributed by atoms with Crippen molar-refractivity contribution in [3.63, 3.8) is 0 Å². The highest BCUT2D eigenvalue weighted by molar-refractivity contribution is 7.13. The SMILES string of the molecule is CC(C)N(C)C(=O)c1ccc(CNC(=O)c2cn(-c3ccccc3)nc2-c2cccs2)cc1. The summed E-state index contributed by atoms with van der Waals surface area (Å²) in [6.07, 6.45) is 1.77. The molecular formula is C26H26N4O2S. The number of aromatic nitrogens is 2. The molecule has 0 fully saturated rings. The van der Waals surface area contributed by atoms with E-state index in [2.05, 4.69) is 10.4 Å². The summed E-state index contributed by atoms with van der Waals surface area (Å²) in [5.74, 6) is -0.213. The monoisotopic (exact) mass is 458 g/mol. The number of hydrogen-bond donors (Lipinski definition) is 1. The molecule has 7 heteroatoms. The van der Waals surface area contributed by atoms with Crippen molar-refractivity contribution < 1.29 is 9.59 Å². The Balaban J connectivity index is 1.51. The first kappa shape index (κ1) is 22.5. The van der Waals surface area contributed by atoms with E-state index in [1.54, 1.807) is 46.3 Å². The topological polar surface area (TPSA) is 67.2 Å². The summed E-state index contributed by atoms with van der Waals surface area (Å²) in [6, 6.07) is 21.1. The molecule has 1 N–H and O–H groups in total. The van der Waals surface area contributed by atoms with Crippen LogP contribution < -0.4 is 5.32 Å². The van der Waals surface area contributed by atoms with Gasteiger partial charge in [-0.3, -0.25) is 9.59 Å². The number of carbonyl (C=O) groups excluding carboxylic acids is 2. The van der Waals surface area contributed by atoms with Crippen LogP contribution in [0.3, 0.4) is 0 Å². The predicted octanol–water partition coefficient (Wildman–Crippen LogP) is 5.01. The summed E-state index contributed by atoms with van der Waals surface area (Å²) in [5.41, 5.74) is 3.61. The smallest absolute Gasteiger partial charge is 0.255 e. The maximum Gasteiger partial charge on any atom is 0.255 e. The van der Waals surface area contributed by atoms with Crippen molar-refractivity contribution >= 4 is 23.2 Å². The third-order valence-electron chi connectivity index (χ3n) is 5.48. The van der Waals surface area contributed by atoms with Crippen LogP contribution in [-0.2, 0) is 6.54 Å². The molecule has 4 aromatic rings. The van der Waals surface area contributed by atoms with Gasteiger partial charge in [0, 0.05) is 31.4 Å². The van der Waals surface area contributed by atoms with Gasteiger partial charge in [-0.15, -0.1) is 11.3 Å². The van der Waals surface area contributed by atoms with Crippen LogP contribution in [0.2, 0.25) is 0 Å². The van der Waals surface area contributed by atoms with Gasteiger partial charge in [0.2, 0.25) is 0 Å². The first-order valence-electron chi connectivity index (χ1n) is 10.8. The molecule has 0 saturated carbocycles. The van der Waals surface area contributed by atoms with Gasteiger partial charge in [-0.2, -0.15) is 5.10 Å². The molecule has 0 spiro atoms. The lowest BCUT2D eigenvalue weighted by atomic mass is 10.1. The molecule has 2 aromatic carbocycles. The number of hydrogen-bond acceptors (Lipinski definition) is 4. The second kappa shape index (κ2) is 9.83. The molecule has 0 atom stereocenters. The average molecular weight is 459 g/mol. The molecule has 0 bridgehead atoms. The lowest BCUT2D eigenvalue weighted by Crippen LogP contribution is -2.32. The van der Waals surface area contributed by atoms with Crippen molar-refractivity contribution in [2.45, 2.75) is 26.4 Å². The van der Waals surface area contributed by atoms with Crippen molar-refractivity contribution in [1.82, 2.24) is 20.0 Å². The number of benzene rings is 2. The molecule has 0 aliphatic rings. The summed E-state index contributed by atoms with van der Waals surface area (Å²) in [7, 11) is 1.79. The number of nitrogens with zero attached hydrogens (tertiary/aromatic N) is 3.